The van der Waals surface area contributed by atoms with Crippen molar-refractivity contribution in [2.45, 2.75) is 38.4 Å². The number of hydrogen-bond donors (Lipinski definition) is 2. The molecule has 1 aromatic carbocycles. The van der Waals surface area contributed by atoms with Crippen LogP contribution in [0.3, 0.4) is 0 Å². The Kier molecular flexibility index (Phi) is 4.87. The average Bonchev–Trinajstić information content (AvgIpc) is 3.45. The van der Waals surface area contributed by atoms with Gasteiger partial charge in [0.1, 0.15) is 5.54 Å². The number of benzene rings is 1. The van der Waals surface area contributed by atoms with Gasteiger partial charge in [-0.2, -0.15) is 11.3 Å². The molecule has 0 saturated carbocycles. The number of carbonyl (C=O) groups excluding carboxylic acids is 2. The second-order valence-electron chi connectivity index (χ2n) is 8.59. The molecule has 30 heavy (non-hydrogen) atoms. The van der Waals surface area contributed by atoms with Crippen molar-refractivity contribution in [3.05, 3.63) is 58.4 Å². The number of para-hydroxylation sites is 1. The van der Waals surface area contributed by atoms with Crippen LogP contribution in [0.25, 0.3) is 10.9 Å². The molecule has 0 unspecified atom stereocenters. The number of amides is 3. The highest BCUT2D eigenvalue weighted by molar-refractivity contribution is 7.07. The number of aromatic amines is 1. The van der Waals surface area contributed by atoms with E-state index in [1.165, 1.54) is 21.5 Å². The number of rotatable bonds is 5. The summed E-state index contributed by atoms with van der Waals surface area (Å²) >= 11 is 1.58. The quantitative estimate of drug-likeness (QED) is 0.612. The van der Waals surface area contributed by atoms with E-state index in [4.69, 9.17) is 0 Å². The van der Waals surface area contributed by atoms with Crippen LogP contribution in [0.15, 0.2) is 47.2 Å². The number of urea groups is 1. The van der Waals surface area contributed by atoms with E-state index in [1.807, 2.05) is 29.8 Å². The van der Waals surface area contributed by atoms with Crippen LogP contribution in [0.2, 0.25) is 0 Å². The van der Waals surface area contributed by atoms with Crippen molar-refractivity contribution in [2.24, 2.45) is 5.92 Å². The topological polar surface area (TPSA) is 68.4 Å². The molecule has 0 bridgehead atoms. The highest BCUT2D eigenvalue weighted by Crippen LogP contribution is 2.34. The molecule has 2 fully saturated rings. The van der Waals surface area contributed by atoms with Gasteiger partial charge in [0.15, 0.2) is 0 Å². The molecule has 0 radical (unpaired) electrons. The van der Waals surface area contributed by atoms with Crippen LogP contribution >= 0.6 is 11.3 Å². The molecule has 3 aromatic rings. The molecule has 0 aliphatic carbocycles. The minimum atomic E-state index is -0.805. The number of aromatic nitrogens is 1. The van der Waals surface area contributed by atoms with Crippen molar-refractivity contribution in [1.29, 1.82) is 0 Å². The Bertz CT molecular complexity index is 1040. The van der Waals surface area contributed by atoms with Crippen molar-refractivity contribution >= 4 is 34.2 Å². The van der Waals surface area contributed by atoms with Gasteiger partial charge in [0.25, 0.3) is 5.91 Å². The van der Waals surface area contributed by atoms with E-state index < -0.39 is 5.54 Å². The largest absolute Gasteiger partial charge is 0.357 e. The summed E-state index contributed by atoms with van der Waals surface area (Å²) in [5.74, 6) is 0.0631. The lowest BCUT2D eigenvalue weighted by molar-refractivity contribution is -0.133. The fourth-order valence-electron chi connectivity index (χ4n) is 4.83. The van der Waals surface area contributed by atoms with E-state index in [9.17, 15) is 9.59 Å². The van der Waals surface area contributed by atoms with Gasteiger partial charge in [-0.25, -0.2) is 4.79 Å². The summed E-state index contributed by atoms with van der Waals surface area (Å²) in [5, 5.41) is 8.20. The van der Waals surface area contributed by atoms with E-state index in [0.29, 0.717) is 6.54 Å². The van der Waals surface area contributed by atoms with E-state index >= 15 is 0 Å². The summed E-state index contributed by atoms with van der Waals surface area (Å²) in [5.41, 5.74) is 2.58. The second kappa shape index (κ2) is 7.56. The van der Waals surface area contributed by atoms with Gasteiger partial charge in [-0.1, -0.05) is 18.2 Å². The zero-order chi connectivity index (χ0) is 20.7. The summed E-state index contributed by atoms with van der Waals surface area (Å²) in [6, 6.07) is 12.2. The molecule has 2 aromatic heterocycles. The van der Waals surface area contributed by atoms with Gasteiger partial charge >= 0.3 is 6.03 Å². The van der Waals surface area contributed by atoms with Crippen LogP contribution in [0.1, 0.15) is 31.0 Å². The van der Waals surface area contributed by atoms with Gasteiger partial charge in [0.2, 0.25) is 0 Å². The van der Waals surface area contributed by atoms with Crippen LogP contribution in [0.5, 0.6) is 0 Å². The first-order valence-corrected chi connectivity index (χ1v) is 11.4. The fourth-order valence-corrected chi connectivity index (χ4v) is 5.49. The van der Waals surface area contributed by atoms with Crippen LogP contribution in [-0.2, 0) is 17.9 Å². The third-order valence-corrected chi connectivity index (χ3v) is 7.34. The molecule has 0 spiro atoms. The van der Waals surface area contributed by atoms with E-state index in [1.54, 1.807) is 11.3 Å². The number of imide groups is 1. The predicted molar refractivity (Wildman–Crippen MR) is 118 cm³/mol. The van der Waals surface area contributed by atoms with Gasteiger partial charge in [-0.05, 0) is 78.7 Å². The Balaban J connectivity index is 1.22. The maximum Gasteiger partial charge on any atom is 0.325 e. The van der Waals surface area contributed by atoms with Crippen LogP contribution in [0.4, 0.5) is 4.79 Å². The second-order valence-corrected chi connectivity index (χ2v) is 9.37. The highest BCUT2D eigenvalue weighted by atomic mass is 32.1. The zero-order valence-corrected chi connectivity index (χ0v) is 17.9. The molecule has 4 heterocycles. The van der Waals surface area contributed by atoms with E-state index in [-0.39, 0.29) is 17.9 Å². The number of piperidine rings is 1. The number of likely N-dealkylation sites (tertiary alicyclic amines) is 1. The molecule has 2 aliphatic rings. The molecule has 7 heteroatoms. The predicted octanol–water partition coefficient (Wildman–Crippen LogP) is 3.95. The number of nitrogens with zero attached hydrogens (tertiary/aromatic N) is 2. The van der Waals surface area contributed by atoms with Gasteiger partial charge < -0.3 is 10.3 Å². The van der Waals surface area contributed by atoms with Crippen molar-refractivity contribution in [3.63, 3.8) is 0 Å². The van der Waals surface area contributed by atoms with Gasteiger partial charge in [-0.3, -0.25) is 14.6 Å². The minimum Gasteiger partial charge on any atom is -0.357 e. The van der Waals surface area contributed by atoms with Gasteiger partial charge in [0.05, 0.1) is 6.54 Å². The smallest absolute Gasteiger partial charge is 0.325 e. The molecule has 3 amide bonds. The fraction of sp³-hybridized carbons (Fsp3) is 0.391. The summed E-state index contributed by atoms with van der Waals surface area (Å²) in [7, 11) is 0. The first-order valence-electron chi connectivity index (χ1n) is 10.5. The molecule has 2 N–H and O–H groups in total. The maximum atomic E-state index is 13.2. The number of nitrogens with one attached hydrogen (secondary N) is 2. The normalized spacial score (nSPS) is 23.4. The summed E-state index contributed by atoms with van der Waals surface area (Å²) in [6.45, 7) is 4.97. The first-order chi connectivity index (χ1) is 14.5. The standard InChI is InChI=1S/C23H26N4O2S/c1-23(21(28)27(22(29)25-23)13-16-8-11-30-15-16)18-6-9-26(10-7-18)14-19-12-17-4-2-3-5-20(17)24-19/h2-5,8,11-12,15,18,24H,6-7,9-10,13-14H2,1H3,(H,25,29)/t23-/m0/s1. The molecule has 156 valence electrons. The average molecular weight is 423 g/mol. The molecule has 5 rings (SSSR count). The minimum absolute atomic E-state index is 0.0900. The Morgan fingerprint density at radius 1 is 1.13 bits per heavy atom. The van der Waals surface area contributed by atoms with Crippen molar-refractivity contribution in [3.8, 4) is 0 Å². The number of H-pyrrole nitrogens is 1. The van der Waals surface area contributed by atoms with Crippen molar-refractivity contribution in [1.82, 2.24) is 20.1 Å². The summed E-state index contributed by atoms with van der Waals surface area (Å²) in [6.07, 6.45) is 1.80. The monoisotopic (exact) mass is 422 g/mol. The van der Waals surface area contributed by atoms with E-state index in [2.05, 4.69) is 39.5 Å². The van der Waals surface area contributed by atoms with Crippen molar-refractivity contribution < 1.29 is 9.59 Å². The lowest BCUT2D eigenvalue weighted by Crippen LogP contribution is -2.53. The molecule has 2 aliphatic heterocycles. The molecule has 6 nitrogen and oxygen atoms in total. The lowest BCUT2D eigenvalue weighted by Gasteiger charge is -2.38. The number of hydrogen-bond acceptors (Lipinski definition) is 4. The van der Waals surface area contributed by atoms with Crippen molar-refractivity contribution in [2.75, 3.05) is 13.1 Å². The number of fused-ring (bicyclic) bond motifs is 1. The Morgan fingerprint density at radius 2 is 1.93 bits per heavy atom. The lowest BCUT2D eigenvalue weighted by atomic mass is 9.79. The maximum absolute atomic E-state index is 13.2. The Morgan fingerprint density at radius 3 is 2.67 bits per heavy atom. The number of thiophene rings is 1. The van der Waals surface area contributed by atoms with Crippen LogP contribution in [0, 0.1) is 5.92 Å². The molecule has 1 atom stereocenters. The van der Waals surface area contributed by atoms with Gasteiger partial charge in [-0.15, -0.1) is 0 Å². The first kappa shape index (κ1) is 19.3. The Labute approximate surface area is 179 Å². The highest BCUT2D eigenvalue weighted by Gasteiger charge is 2.52. The molecular formula is C23H26N4O2S. The van der Waals surface area contributed by atoms with Gasteiger partial charge in [0, 0.05) is 17.8 Å². The third-order valence-electron chi connectivity index (χ3n) is 6.61. The molecule has 2 saturated heterocycles. The number of carbonyl (C=O) groups is 2. The van der Waals surface area contributed by atoms with Crippen LogP contribution in [-0.4, -0.2) is 45.4 Å². The Hall–Kier alpha value is -2.64. The zero-order valence-electron chi connectivity index (χ0n) is 17.1. The van der Waals surface area contributed by atoms with Crippen LogP contribution < -0.4 is 5.32 Å². The summed E-state index contributed by atoms with van der Waals surface area (Å²) in [4.78, 5) is 33.0. The molecular weight excluding hydrogens is 396 g/mol. The summed E-state index contributed by atoms with van der Waals surface area (Å²) < 4.78 is 0. The van der Waals surface area contributed by atoms with E-state index in [0.717, 1.165) is 38.0 Å². The third kappa shape index (κ3) is 3.42. The SMILES string of the molecule is C[C@@]1(C2CCN(Cc3cc4ccccc4[nH]3)CC2)NC(=O)N(Cc2ccsc2)C1=O.